The zero-order valence-electron chi connectivity index (χ0n) is 16.1. The molecule has 0 radical (unpaired) electrons. The first-order valence-corrected chi connectivity index (χ1v) is 11.1. The zero-order chi connectivity index (χ0) is 20.4. The molecule has 7 heteroatoms. The highest BCUT2D eigenvalue weighted by Gasteiger charge is 2.40. The van der Waals surface area contributed by atoms with E-state index in [9.17, 15) is 13.2 Å². The van der Waals surface area contributed by atoms with Gasteiger partial charge in [-0.3, -0.25) is 4.79 Å². The van der Waals surface area contributed by atoms with Crippen molar-refractivity contribution in [2.24, 2.45) is 0 Å². The summed E-state index contributed by atoms with van der Waals surface area (Å²) >= 11 is 5.87. The Bertz CT molecular complexity index is 928. The Hall–Kier alpha value is -1.89. The molecule has 150 valence electrons. The number of halogens is 1. The summed E-state index contributed by atoms with van der Waals surface area (Å²) in [5, 5.41) is 3.51. The van der Waals surface area contributed by atoms with E-state index < -0.39 is 21.6 Å². The van der Waals surface area contributed by atoms with E-state index in [4.69, 9.17) is 11.6 Å². The third-order valence-corrected chi connectivity index (χ3v) is 7.05. The van der Waals surface area contributed by atoms with Gasteiger partial charge in [-0.25, -0.2) is 8.42 Å². The summed E-state index contributed by atoms with van der Waals surface area (Å²) in [6.07, 6.45) is 1.83. The van der Waals surface area contributed by atoms with Crippen LogP contribution >= 0.6 is 11.6 Å². The Morgan fingerprint density at radius 2 is 1.79 bits per heavy atom. The maximum absolute atomic E-state index is 13.0. The molecular formula is C21H25ClN2O3S. The van der Waals surface area contributed by atoms with Crippen molar-refractivity contribution in [1.82, 2.24) is 9.62 Å². The number of nitrogens with one attached hydrogen (secondary N) is 1. The number of carbonyl (C=O) groups is 1. The minimum Gasteiger partial charge on any atom is -0.349 e. The maximum Gasteiger partial charge on any atom is 0.243 e. The number of benzene rings is 2. The van der Waals surface area contributed by atoms with Crippen molar-refractivity contribution in [1.29, 1.82) is 0 Å². The van der Waals surface area contributed by atoms with Crippen LogP contribution in [-0.2, 0) is 21.2 Å². The van der Waals surface area contributed by atoms with Crippen molar-refractivity contribution in [2.45, 2.75) is 49.6 Å². The lowest BCUT2D eigenvalue weighted by Crippen LogP contribution is -2.53. The average molecular weight is 421 g/mol. The summed E-state index contributed by atoms with van der Waals surface area (Å²) in [7, 11) is -3.75. The number of amides is 1. The SMILES string of the molecule is CC(C)(Cc1ccccc1)NC(=O)[C@H]1CCCN1S(=O)(=O)c1ccc(Cl)cc1. The molecule has 3 rings (SSSR count). The molecule has 0 saturated carbocycles. The number of nitrogens with zero attached hydrogens (tertiary/aromatic N) is 1. The van der Waals surface area contributed by atoms with Gasteiger partial charge in [-0.2, -0.15) is 4.31 Å². The lowest BCUT2D eigenvalue weighted by Gasteiger charge is -2.30. The smallest absolute Gasteiger partial charge is 0.243 e. The first kappa shape index (κ1) is 20.8. The van der Waals surface area contributed by atoms with Gasteiger partial charge in [0.25, 0.3) is 0 Å². The summed E-state index contributed by atoms with van der Waals surface area (Å²) in [6, 6.07) is 15.2. The van der Waals surface area contributed by atoms with Gasteiger partial charge in [0.15, 0.2) is 0 Å². The molecule has 2 aromatic rings. The molecule has 0 bridgehead atoms. The predicted molar refractivity (Wildman–Crippen MR) is 111 cm³/mol. The lowest BCUT2D eigenvalue weighted by molar-refractivity contribution is -0.125. The fourth-order valence-electron chi connectivity index (χ4n) is 3.60. The molecule has 0 aliphatic carbocycles. The van der Waals surface area contributed by atoms with Gasteiger partial charge in [0, 0.05) is 17.1 Å². The van der Waals surface area contributed by atoms with Crippen LogP contribution in [0.3, 0.4) is 0 Å². The van der Waals surface area contributed by atoms with Crippen molar-refractivity contribution in [3.8, 4) is 0 Å². The van der Waals surface area contributed by atoms with E-state index in [1.807, 2.05) is 44.2 Å². The fourth-order valence-corrected chi connectivity index (χ4v) is 5.38. The van der Waals surface area contributed by atoms with Crippen molar-refractivity contribution >= 4 is 27.5 Å². The largest absolute Gasteiger partial charge is 0.349 e. The van der Waals surface area contributed by atoms with Gasteiger partial charge in [-0.15, -0.1) is 0 Å². The van der Waals surface area contributed by atoms with Crippen molar-refractivity contribution in [3.05, 3.63) is 65.2 Å². The maximum atomic E-state index is 13.0. The van der Waals surface area contributed by atoms with E-state index in [1.165, 1.54) is 16.4 Å². The summed E-state index contributed by atoms with van der Waals surface area (Å²) in [4.78, 5) is 13.1. The second kappa shape index (κ2) is 8.23. The first-order valence-electron chi connectivity index (χ1n) is 9.32. The Kier molecular flexibility index (Phi) is 6.12. The Balaban J connectivity index is 1.74. The molecule has 0 spiro atoms. The van der Waals surface area contributed by atoms with Gasteiger partial charge in [-0.05, 0) is 62.9 Å². The van der Waals surface area contributed by atoms with E-state index >= 15 is 0 Å². The van der Waals surface area contributed by atoms with Gasteiger partial charge < -0.3 is 5.32 Å². The van der Waals surface area contributed by atoms with Crippen LogP contribution in [0.25, 0.3) is 0 Å². The summed E-state index contributed by atoms with van der Waals surface area (Å²) in [5.74, 6) is -0.254. The van der Waals surface area contributed by atoms with Gasteiger partial charge in [-0.1, -0.05) is 41.9 Å². The standard InChI is InChI=1S/C21H25ClN2O3S/c1-21(2,15-16-7-4-3-5-8-16)23-20(25)19-9-6-14-24(19)28(26,27)18-12-10-17(22)11-13-18/h3-5,7-8,10-13,19H,6,9,14-15H2,1-2H3,(H,23,25)/t19-/m1/s1. The Morgan fingerprint density at radius 3 is 2.43 bits per heavy atom. The van der Waals surface area contributed by atoms with Crippen LogP contribution in [0.5, 0.6) is 0 Å². The Labute approximate surface area is 171 Å². The number of sulfonamides is 1. The molecule has 1 aliphatic rings. The van der Waals surface area contributed by atoms with Crippen LogP contribution in [0, 0.1) is 0 Å². The highest BCUT2D eigenvalue weighted by Crippen LogP contribution is 2.27. The summed E-state index contributed by atoms with van der Waals surface area (Å²) < 4.78 is 27.3. The molecule has 1 fully saturated rings. The third-order valence-electron chi connectivity index (χ3n) is 4.88. The fraction of sp³-hybridized carbons (Fsp3) is 0.381. The van der Waals surface area contributed by atoms with Crippen LogP contribution in [0.4, 0.5) is 0 Å². The summed E-state index contributed by atoms with van der Waals surface area (Å²) in [5.41, 5.74) is 0.626. The molecular weight excluding hydrogens is 396 g/mol. The van der Waals surface area contributed by atoms with Gasteiger partial charge in [0.2, 0.25) is 15.9 Å². The molecule has 1 heterocycles. The minimum atomic E-state index is -3.75. The van der Waals surface area contributed by atoms with Crippen molar-refractivity contribution in [3.63, 3.8) is 0 Å². The highest BCUT2D eigenvalue weighted by atomic mass is 35.5. The van der Waals surface area contributed by atoms with Crippen LogP contribution < -0.4 is 5.32 Å². The minimum absolute atomic E-state index is 0.153. The van der Waals surface area contributed by atoms with Crippen LogP contribution in [0.15, 0.2) is 59.5 Å². The number of hydrogen-bond donors (Lipinski definition) is 1. The monoisotopic (exact) mass is 420 g/mol. The number of carbonyl (C=O) groups excluding carboxylic acids is 1. The molecule has 1 aliphatic heterocycles. The molecule has 1 N–H and O–H groups in total. The van der Waals surface area contributed by atoms with Crippen LogP contribution in [0.2, 0.25) is 5.02 Å². The second-order valence-corrected chi connectivity index (χ2v) is 10.1. The van der Waals surface area contributed by atoms with Crippen molar-refractivity contribution < 1.29 is 13.2 Å². The molecule has 2 aromatic carbocycles. The molecule has 1 atom stereocenters. The molecule has 1 amide bonds. The predicted octanol–water partition coefficient (Wildman–Crippen LogP) is 3.63. The normalized spacial score (nSPS) is 18.2. The van der Waals surface area contributed by atoms with Gasteiger partial charge in [0.1, 0.15) is 6.04 Å². The van der Waals surface area contributed by atoms with E-state index in [1.54, 1.807) is 12.1 Å². The van der Waals surface area contributed by atoms with Crippen molar-refractivity contribution in [2.75, 3.05) is 6.54 Å². The zero-order valence-corrected chi connectivity index (χ0v) is 17.6. The number of hydrogen-bond acceptors (Lipinski definition) is 3. The van der Waals surface area contributed by atoms with Gasteiger partial charge in [0.05, 0.1) is 4.90 Å². The van der Waals surface area contributed by atoms with E-state index in [2.05, 4.69) is 5.32 Å². The number of rotatable bonds is 6. The molecule has 28 heavy (non-hydrogen) atoms. The molecule has 0 aromatic heterocycles. The first-order chi connectivity index (χ1) is 13.2. The molecule has 5 nitrogen and oxygen atoms in total. The summed E-state index contributed by atoms with van der Waals surface area (Å²) in [6.45, 7) is 4.23. The van der Waals surface area contributed by atoms with Crippen LogP contribution in [-0.4, -0.2) is 36.8 Å². The molecule has 1 saturated heterocycles. The second-order valence-electron chi connectivity index (χ2n) is 7.76. The van der Waals surface area contributed by atoms with Crippen LogP contribution in [0.1, 0.15) is 32.3 Å². The quantitative estimate of drug-likeness (QED) is 0.775. The average Bonchev–Trinajstić information content (AvgIpc) is 3.13. The third kappa shape index (κ3) is 4.74. The lowest BCUT2D eigenvalue weighted by atomic mass is 9.94. The van der Waals surface area contributed by atoms with E-state index in [-0.39, 0.29) is 10.8 Å². The molecule has 0 unspecified atom stereocenters. The van der Waals surface area contributed by atoms with E-state index in [0.717, 1.165) is 5.56 Å². The van der Waals surface area contributed by atoms with E-state index in [0.29, 0.717) is 30.8 Å². The Morgan fingerprint density at radius 1 is 1.14 bits per heavy atom. The highest BCUT2D eigenvalue weighted by molar-refractivity contribution is 7.89. The van der Waals surface area contributed by atoms with Gasteiger partial charge >= 0.3 is 0 Å². The topological polar surface area (TPSA) is 66.5 Å².